The zero-order chi connectivity index (χ0) is 25.1. The molecule has 0 aliphatic carbocycles. The normalized spacial score (nSPS) is 16.0. The van der Waals surface area contributed by atoms with Gasteiger partial charge in [0.2, 0.25) is 5.78 Å². The number of Topliss-reactive ketones (excluding diaryl/α,β-unsaturated/α-hetero) is 1. The van der Waals surface area contributed by atoms with Gasteiger partial charge in [-0.25, -0.2) is 0 Å². The Balaban J connectivity index is 1.78. The highest BCUT2D eigenvalue weighted by Crippen LogP contribution is 2.41. The molecule has 0 saturated heterocycles. The highest BCUT2D eigenvalue weighted by atomic mass is 16.5. The molecule has 0 bridgehead atoms. The van der Waals surface area contributed by atoms with Gasteiger partial charge in [-0.05, 0) is 50.1 Å². The molecule has 2 heterocycles. The number of para-hydroxylation sites is 1. The number of methoxy groups -OCH3 is 2. The predicted octanol–water partition coefficient (Wildman–Crippen LogP) is 4.84. The molecule has 1 atom stereocenters. The van der Waals surface area contributed by atoms with Crippen molar-refractivity contribution >= 4 is 22.7 Å². The van der Waals surface area contributed by atoms with Gasteiger partial charge < -0.3 is 28.6 Å². The second-order valence-electron chi connectivity index (χ2n) is 8.57. The van der Waals surface area contributed by atoms with Crippen LogP contribution in [0.3, 0.4) is 0 Å². The second kappa shape index (κ2) is 10.2. The standard InChI is InChI=1S/C27H29NO7/c1-16(2)34-19-10-5-8-17(14-19)23-22(25(30)27(31)28(23)12-7-13-32-3)24(29)21-15-18-9-6-11-20(33-4)26(18)35-21/h5-6,8-11,14-16,23,30H,7,12-13H2,1-4H3. The maximum atomic E-state index is 13.7. The summed E-state index contributed by atoms with van der Waals surface area (Å²) in [6, 6.07) is 13.3. The van der Waals surface area contributed by atoms with Crippen molar-refractivity contribution in [1.29, 1.82) is 0 Å². The van der Waals surface area contributed by atoms with Crippen LogP contribution in [-0.2, 0) is 9.53 Å². The summed E-state index contributed by atoms with van der Waals surface area (Å²) in [4.78, 5) is 28.3. The Bertz CT molecular complexity index is 1270. The smallest absolute Gasteiger partial charge is 0.290 e. The summed E-state index contributed by atoms with van der Waals surface area (Å²) in [6.07, 6.45) is 0.487. The summed E-state index contributed by atoms with van der Waals surface area (Å²) in [7, 11) is 3.10. The number of aliphatic hydroxyl groups excluding tert-OH is 1. The molecule has 4 rings (SSSR count). The van der Waals surface area contributed by atoms with Crippen LogP contribution < -0.4 is 9.47 Å². The second-order valence-corrected chi connectivity index (χ2v) is 8.57. The molecule has 0 spiro atoms. The van der Waals surface area contributed by atoms with Crippen LogP contribution in [0.2, 0.25) is 0 Å². The molecule has 8 nitrogen and oxygen atoms in total. The number of nitrogens with zero attached hydrogens (tertiary/aromatic N) is 1. The summed E-state index contributed by atoms with van der Waals surface area (Å²) in [5.74, 6) is -0.661. The lowest BCUT2D eigenvalue weighted by atomic mass is 9.94. The van der Waals surface area contributed by atoms with Crippen molar-refractivity contribution in [2.24, 2.45) is 0 Å². The Kier molecular flexibility index (Phi) is 7.12. The van der Waals surface area contributed by atoms with Crippen LogP contribution in [0.15, 0.2) is 64.3 Å². The fourth-order valence-electron chi connectivity index (χ4n) is 4.31. The van der Waals surface area contributed by atoms with Crippen LogP contribution in [0.5, 0.6) is 11.5 Å². The molecule has 0 saturated carbocycles. The van der Waals surface area contributed by atoms with E-state index in [9.17, 15) is 14.7 Å². The van der Waals surface area contributed by atoms with E-state index in [1.165, 1.54) is 12.0 Å². The number of furan rings is 1. The molecular weight excluding hydrogens is 450 g/mol. The van der Waals surface area contributed by atoms with E-state index >= 15 is 0 Å². The molecule has 0 radical (unpaired) electrons. The minimum atomic E-state index is -0.808. The lowest BCUT2D eigenvalue weighted by Crippen LogP contribution is -2.32. The highest BCUT2D eigenvalue weighted by molar-refractivity contribution is 6.16. The average Bonchev–Trinajstić information content (AvgIpc) is 3.38. The van der Waals surface area contributed by atoms with Crippen LogP contribution in [-0.4, -0.2) is 55.2 Å². The van der Waals surface area contributed by atoms with E-state index in [2.05, 4.69) is 0 Å². The minimum absolute atomic E-state index is 0.0113. The molecule has 2 aromatic carbocycles. The first-order valence-electron chi connectivity index (χ1n) is 11.5. The number of rotatable bonds is 10. The first kappa shape index (κ1) is 24.3. The molecule has 3 aromatic rings. The van der Waals surface area contributed by atoms with Gasteiger partial charge in [-0.3, -0.25) is 9.59 Å². The number of ether oxygens (including phenoxy) is 3. The maximum absolute atomic E-state index is 13.7. The van der Waals surface area contributed by atoms with Gasteiger partial charge in [0, 0.05) is 25.6 Å². The van der Waals surface area contributed by atoms with E-state index < -0.39 is 23.5 Å². The quantitative estimate of drug-likeness (QED) is 0.328. The molecule has 1 N–H and O–H groups in total. The SMILES string of the molecule is COCCCN1C(=O)C(O)=C(C(=O)c2cc3cccc(OC)c3o2)C1c1cccc(OC(C)C)c1. The number of hydrogen-bond acceptors (Lipinski definition) is 7. The molecule has 8 heteroatoms. The van der Waals surface area contributed by atoms with Crippen molar-refractivity contribution in [1.82, 2.24) is 4.90 Å². The molecule has 184 valence electrons. The summed E-state index contributed by atoms with van der Waals surface area (Å²) >= 11 is 0. The van der Waals surface area contributed by atoms with Gasteiger partial charge >= 0.3 is 0 Å². The molecule has 35 heavy (non-hydrogen) atoms. The minimum Gasteiger partial charge on any atom is -0.503 e. The van der Waals surface area contributed by atoms with Crippen molar-refractivity contribution < 1.29 is 33.3 Å². The Morgan fingerprint density at radius 1 is 1.14 bits per heavy atom. The number of benzene rings is 2. The first-order valence-corrected chi connectivity index (χ1v) is 11.5. The van der Waals surface area contributed by atoms with Crippen LogP contribution in [0.25, 0.3) is 11.0 Å². The molecule has 1 aromatic heterocycles. The van der Waals surface area contributed by atoms with Crippen LogP contribution in [0.1, 0.15) is 42.4 Å². The van der Waals surface area contributed by atoms with Crippen LogP contribution >= 0.6 is 0 Å². The molecule has 0 fully saturated rings. The summed E-state index contributed by atoms with van der Waals surface area (Å²) in [5.41, 5.74) is 1.03. The monoisotopic (exact) mass is 479 g/mol. The topological polar surface area (TPSA) is 98.4 Å². The number of amides is 1. The number of aliphatic hydroxyl groups is 1. The molecular formula is C27H29NO7. The van der Waals surface area contributed by atoms with Gasteiger partial charge in [0.15, 0.2) is 22.9 Å². The Morgan fingerprint density at radius 2 is 1.91 bits per heavy atom. The molecule has 1 aliphatic rings. The van der Waals surface area contributed by atoms with Crippen molar-refractivity contribution in [3.8, 4) is 11.5 Å². The molecule has 1 aliphatic heterocycles. The Hall–Kier alpha value is -3.78. The van der Waals surface area contributed by atoms with Crippen molar-refractivity contribution in [2.75, 3.05) is 27.4 Å². The number of hydrogen-bond donors (Lipinski definition) is 1. The lowest BCUT2D eigenvalue weighted by Gasteiger charge is -2.27. The Morgan fingerprint density at radius 3 is 2.63 bits per heavy atom. The average molecular weight is 480 g/mol. The van der Waals surface area contributed by atoms with E-state index in [0.717, 1.165) is 0 Å². The largest absolute Gasteiger partial charge is 0.503 e. The predicted molar refractivity (Wildman–Crippen MR) is 130 cm³/mol. The zero-order valence-electron chi connectivity index (χ0n) is 20.2. The number of carbonyl (C=O) groups excluding carboxylic acids is 2. The zero-order valence-corrected chi connectivity index (χ0v) is 20.2. The summed E-state index contributed by atoms with van der Waals surface area (Å²) < 4.78 is 22.2. The lowest BCUT2D eigenvalue weighted by molar-refractivity contribution is -0.129. The van der Waals surface area contributed by atoms with E-state index in [4.69, 9.17) is 18.6 Å². The first-order chi connectivity index (χ1) is 16.8. The van der Waals surface area contributed by atoms with E-state index in [0.29, 0.717) is 47.6 Å². The third-order valence-electron chi connectivity index (χ3n) is 5.79. The van der Waals surface area contributed by atoms with Gasteiger partial charge in [-0.15, -0.1) is 0 Å². The van der Waals surface area contributed by atoms with Crippen molar-refractivity contribution in [3.63, 3.8) is 0 Å². The van der Waals surface area contributed by atoms with Gasteiger partial charge in [-0.2, -0.15) is 0 Å². The number of fused-ring (bicyclic) bond motifs is 1. The fraction of sp³-hybridized carbons (Fsp3) is 0.333. The third kappa shape index (κ3) is 4.74. The van der Waals surface area contributed by atoms with Crippen molar-refractivity contribution in [2.45, 2.75) is 32.4 Å². The summed E-state index contributed by atoms with van der Waals surface area (Å²) in [5, 5.41) is 11.6. The highest BCUT2D eigenvalue weighted by Gasteiger charge is 2.44. The Labute approximate surface area is 203 Å². The van der Waals surface area contributed by atoms with Crippen LogP contribution in [0, 0.1) is 0 Å². The van der Waals surface area contributed by atoms with Gasteiger partial charge in [0.1, 0.15) is 5.75 Å². The fourth-order valence-corrected chi connectivity index (χ4v) is 4.31. The van der Waals surface area contributed by atoms with Gasteiger partial charge in [0.25, 0.3) is 5.91 Å². The van der Waals surface area contributed by atoms with E-state index in [-0.39, 0.29) is 17.4 Å². The van der Waals surface area contributed by atoms with E-state index in [1.54, 1.807) is 43.5 Å². The van der Waals surface area contributed by atoms with E-state index in [1.807, 2.05) is 26.0 Å². The van der Waals surface area contributed by atoms with Gasteiger partial charge in [0.05, 0.1) is 24.8 Å². The van der Waals surface area contributed by atoms with Crippen LogP contribution in [0.4, 0.5) is 0 Å². The number of carbonyl (C=O) groups is 2. The third-order valence-corrected chi connectivity index (χ3v) is 5.79. The maximum Gasteiger partial charge on any atom is 0.290 e. The van der Waals surface area contributed by atoms with Gasteiger partial charge in [-0.1, -0.05) is 24.3 Å². The molecule has 1 unspecified atom stereocenters. The number of ketones is 1. The summed E-state index contributed by atoms with van der Waals surface area (Å²) in [6.45, 7) is 4.56. The van der Waals surface area contributed by atoms with Crippen molar-refractivity contribution in [3.05, 3.63) is 71.2 Å². The molecule has 1 amide bonds.